The maximum absolute atomic E-state index is 12.2. The number of ether oxygens (including phenoxy) is 4. The first-order chi connectivity index (χ1) is 31.2. The van der Waals surface area contributed by atoms with Gasteiger partial charge in [0.15, 0.2) is 0 Å². The predicted octanol–water partition coefficient (Wildman–Crippen LogP) is 1.43. The van der Waals surface area contributed by atoms with E-state index < -0.39 is 76.0 Å². The number of nitrogens with zero attached hydrogens (tertiary/aromatic N) is 2. The molecule has 1 aromatic carbocycles. The van der Waals surface area contributed by atoms with E-state index in [1.165, 1.54) is 6.07 Å². The van der Waals surface area contributed by atoms with Crippen LogP contribution in [0.4, 0.5) is 27.5 Å². The third kappa shape index (κ3) is 28.5. The molecule has 65 heavy (non-hydrogen) atoms. The van der Waals surface area contributed by atoms with Crippen molar-refractivity contribution in [3.05, 3.63) is 32.4 Å². The van der Waals surface area contributed by atoms with Crippen molar-refractivity contribution in [1.82, 2.24) is 26.6 Å². The number of unbranched alkanes of at least 4 members (excludes halogenated alkanes) is 4. The first-order valence-electron chi connectivity index (χ1n) is 21.4. The summed E-state index contributed by atoms with van der Waals surface area (Å²) in [5.74, 6) is -4.74. The van der Waals surface area contributed by atoms with Gasteiger partial charge in [-0.05, 0) is 38.3 Å². The lowest BCUT2D eigenvalue weighted by atomic mass is 10.1. The molecule has 368 valence electrons. The summed E-state index contributed by atoms with van der Waals surface area (Å²) in [6.45, 7) is 7.01. The van der Waals surface area contributed by atoms with Gasteiger partial charge < -0.3 is 71.5 Å². The molecule has 10 N–H and O–H groups in total. The minimum atomic E-state index is -1.54. The minimum Gasteiger partial charge on any atom is -0.481 e. The number of urea groups is 1. The molecule has 4 amide bonds. The monoisotopic (exact) mass is 931 g/mol. The van der Waals surface area contributed by atoms with Crippen LogP contribution in [0.25, 0.3) is 0 Å². The molecule has 0 aromatic heterocycles. The fourth-order valence-corrected chi connectivity index (χ4v) is 5.67. The van der Waals surface area contributed by atoms with Crippen LogP contribution in [0.2, 0.25) is 0 Å². The Kier molecular flexibility index (Phi) is 31.1. The van der Waals surface area contributed by atoms with E-state index in [4.69, 9.17) is 29.2 Å². The van der Waals surface area contributed by atoms with Gasteiger partial charge in [0.25, 0.3) is 11.4 Å². The zero-order valence-electron chi connectivity index (χ0n) is 36.7. The number of nitrogens with one attached hydrogen (secondary N) is 7. The summed E-state index contributed by atoms with van der Waals surface area (Å²) in [4.78, 5) is 91.8. The average Bonchev–Trinajstić information content (AvgIpc) is 3.25. The second kappa shape index (κ2) is 35.4. The standard InChI is InChI=1S/C39H65N9O17/c1-2-40-14-18-62-22-23-63-19-15-41-30-26-31(33(48(60)61)27-32(30)47(58)59)42-16-20-64-24-25-65-21-17-44-34(49)8-6-4-3-5-7-13-43-35(50)11-9-28(37(53)54)45-39(57)46-29(38(55)56)10-12-36(51)52/h26-29,40-42H,2-25H2,1H3,(H,43,50)(H,44,49)(H,51,52)(H,53,54)(H,55,56)(H2,45,46,57)/t28-,29-/m0/s1. The number of amides is 4. The molecule has 0 heterocycles. The number of hydrogen-bond donors (Lipinski definition) is 10. The van der Waals surface area contributed by atoms with Crippen LogP contribution in [-0.2, 0) is 42.9 Å². The van der Waals surface area contributed by atoms with E-state index in [0.29, 0.717) is 52.2 Å². The van der Waals surface area contributed by atoms with Gasteiger partial charge in [0, 0.05) is 52.0 Å². The Morgan fingerprint density at radius 3 is 1.51 bits per heavy atom. The average molecular weight is 932 g/mol. The highest BCUT2D eigenvalue weighted by Gasteiger charge is 2.26. The van der Waals surface area contributed by atoms with Crippen LogP contribution in [0.3, 0.4) is 0 Å². The van der Waals surface area contributed by atoms with Gasteiger partial charge in [0.2, 0.25) is 11.8 Å². The number of anilines is 2. The molecule has 0 spiro atoms. The third-order valence-corrected chi connectivity index (χ3v) is 9.03. The predicted molar refractivity (Wildman–Crippen MR) is 233 cm³/mol. The Morgan fingerprint density at radius 2 is 1.02 bits per heavy atom. The lowest BCUT2D eigenvalue weighted by molar-refractivity contribution is -0.393. The van der Waals surface area contributed by atoms with Gasteiger partial charge in [-0.2, -0.15) is 0 Å². The first-order valence-corrected chi connectivity index (χ1v) is 21.4. The fourth-order valence-electron chi connectivity index (χ4n) is 5.67. The van der Waals surface area contributed by atoms with E-state index in [9.17, 15) is 54.1 Å². The largest absolute Gasteiger partial charge is 0.481 e. The number of carboxylic acids is 3. The van der Waals surface area contributed by atoms with E-state index in [1.54, 1.807) is 0 Å². The molecule has 26 heteroatoms. The summed E-state index contributed by atoms with van der Waals surface area (Å²) in [6.07, 6.45) is 2.62. The molecule has 0 aliphatic heterocycles. The molecule has 2 atom stereocenters. The summed E-state index contributed by atoms with van der Waals surface area (Å²) < 4.78 is 21.9. The Balaban J connectivity index is 2.17. The van der Waals surface area contributed by atoms with Gasteiger partial charge in [-0.1, -0.05) is 26.2 Å². The maximum Gasteiger partial charge on any atom is 0.326 e. The number of hydrogen-bond acceptors (Lipinski definition) is 17. The number of nitro benzene ring substituents is 2. The van der Waals surface area contributed by atoms with Crippen LogP contribution >= 0.6 is 0 Å². The molecule has 0 aliphatic carbocycles. The number of benzene rings is 1. The molecule has 0 saturated carbocycles. The van der Waals surface area contributed by atoms with Gasteiger partial charge in [0.05, 0.1) is 68.8 Å². The number of carboxylic acid groups (broad SMARTS) is 3. The van der Waals surface area contributed by atoms with Crippen molar-refractivity contribution in [1.29, 1.82) is 0 Å². The van der Waals surface area contributed by atoms with Crippen molar-refractivity contribution in [2.24, 2.45) is 0 Å². The molecule has 0 saturated heterocycles. The summed E-state index contributed by atoms with van der Waals surface area (Å²) >= 11 is 0. The first kappa shape index (κ1) is 57.1. The van der Waals surface area contributed by atoms with Gasteiger partial charge in [-0.3, -0.25) is 34.6 Å². The van der Waals surface area contributed by atoms with E-state index >= 15 is 0 Å². The maximum atomic E-state index is 12.2. The SMILES string of the molecule is CCNCCOCCOCCNc1cc(NCCOCCOCCNC(=O)CCCCCCCNC(=O)CC[C@H](NC(=O)N[C@@H](CCC(=O)O)C(=O)O)C(=O)O)c([N+](=O)[O-])cc1[N+](=O)[O-]. The lowest BCUT2D eigenvalue weighted by Crippen LogP contribution is -2.51. The summed E-state index contributed by atoms with van der Waals surface area (Å²) in [5.41, 5.74) is -0.731. The van der Waals surface area contributed by atoms with Crippen molar-refractivity contribution in [3.63, 3.8) is 0 Å². The molecule has 1 rings (SSSR count). The van der Waals surface area contributed by atoms with Gasteiger partial charge in [-0.15, -0.1) is 0 Å². The van der Waals surface area contributed by atoms with Gasteiger partial charge >= 0.3 is 23.9 Å². The lowest BCUT2D eigenvalue weighted by Gasteiger charge is -2.18. The van der Waals surface area contributed by atoms with Crippen molar-refractivity contribution >= 4 is 58.5 Å². The van der Waals surface area contributed by atoms with Crippen molar-refractivity contribution in [2.45, 2.75) is 83.2 Å². The number of carbonyl (C=O) groups excluding carboxylic acids is 3. The topological polar surface area (TPSA) is 371 Å². The number of aliphatic carboxylic acids is 3. The second-order valence-corrected chi connectivity index (χ2v) is 14.1. The summed E-state index contributed by atoms with van der Waals surface area (Å²) in [7, 11) is 0. The highest BCUT2D eigenvalue weighted by atomic mass is 16.6. The van der Waals surface area contributed by atoms with Crippen molar-refractivity contribution < 1.29 is 72.9 Å². The zero-order chi connectivity index (χ0) is 48.2. The molecular formula is C39H65N9O17. The van der Waals surface area contributed by atoms with Crippen LogP contribution in [0.15, 0.2) is 12.1 Å². The van der Waals surface area contributed by atoms with Crippen molar-refractivity contribution in [3.8, 4) is 0 Å². The van der Waals surface area contributed by atoms with Crippen LogP contribution in [-0.4, -0.2) is 165 Å². The van der Waals surface area contributed by atoms with Gasteiger partial charge in [-0.25, -0.2) is 14.4 Å². The zero-order valence-corrected chi connectivity index (χ0v) is 36.7. The van der Waals surface area contributed by atoms with E-state index in [1.807, 2.05) is 12.2 Å². The molecule has 0 bridgehead atoms. The van der Waals surface area contributed by atoms with Gasteiger partial charge in [0.1, 0.15) is 23.5 Å². The third-order valence-electron chi connectivity index (χ3n) is 9.03. The second-order valence-electron chi connectivity index (χ2n) is 14.1. The van der Waals surface area contributed by atoms with E-state index in [-0.39, 0.29) is 76.2 Å². The van der Waals surface area contributed by atoms with Crippen LogP contribution < -0.4 is 37.2 Å². The summed E-state index contributed by atoms with van der Waals surface area (Å²) in [5, 5.41) is 69.0. The highest BCUT2D eigenvalue weighted by molar-refractivity contribution is 5.87. The van der Waals surface area contributed by atoms with Crippen LogP contribution in [0.1, 0.15) is 71.1 Å². The number of rotatable bonds is 41. The van der Waals surface area contributed by atoms with E-state index in [2.05, 4.69) is 31.9 Å². The summed E-state index contributed by atoms with van der Waals surface area (Å²) in [6, 6.07) is -1.94. The number of nitro groups is 2. The molecule has 26 nitrogen and oxygen atoms in total. The smallest absolute Gasteiger partial charge is 0.326 e. The molecular weight excluding hydrogens is 866 g/mol. The quantitative estimate of drug-likeness (QED) is 0.0252. The Morgan fingerprint density at radius 1 is 0.569 bits per heavy atom. The fraction of sp³-hybridized carbons (Fsp3) is 0.692. The van der Waals surface area contributed by atoms with Crippen molar-refractivity contribution in [2.75, 3.05) is 103 Å². The Bertz CT molecular complexity index is 1640. The van der Waals surface area contributed by atoms with E-state index in [0.717, 1.165) is 38.4 Å². The molecule has 0 aliphatic rings. The molecule has 1 aromatic rings. The molecule has 0 fully saturated rings. The molecule has 0 unspecified atom stereocenters. The van der Waals surface area contributed by atoms with Crippen LogP contribution in [0, 0.1) is 20.2 Å². The Hall–Kier alpha value is -5.96. The molecule has 0 radical (unpaired) electrons. The number of likely N-dealkylation sites (N-methyl/N-ethyl adjacent to an activating group) is 1. The van der Waals surface area contributed by atoms with Crippen LogP contribution in [0.5, 0.6) is 0 Å². The minimum absolute atomic E-state index is 0.0794. The number of carbonyl (C=O) groups is 6. The Labute approximate surface area is 375 Å². The normalized spacial score (nSPS) is 11.8. The highest BCUT2D eigenvalue weighted by Crippen LogP contribution is 2.36.